The van der Waals surface area contributed by atoms with Gasteiger partial charge in [-0.1, -0.05) is 11.6 Å². The molecule has 1 fully saturated rings. The zero-order chi connectivity index (χ0) is 20.8. The summed E-state index contributed by atoms with van der Waals surface area (Å²) in [5.41, 5.74) is 2.71. The number of carbonyl (C=O) groups excluding carboxylic acids is 1. The Kier molecular flexibility index (Phi) is 4.66. The number of benzene rings is 2. The smallest absolute Gasteiger partial charge is 0.295 e. The first-order chi connectivity index (χ1) is 14.5. The zero-order valence-electron chi connectivity index (χ0n) is 15.7. The molecule has 2 aromatic heterocycles. The average molecular weight is 431 g/mol. The van der Waals surface area contributed by atoms with Crippen LogP contribution in [0.15, 0.2) is 40.8 Å². The Bertz CT molecular complexity index is 1240. The number of imidazole rings is 1. The molecule has 5 rings (SSSR count). The third-order valence-electron chi connectivity index (χ3n) is 5.45. The van der Waals surface area contributed by atoms with Gasteiger partial charge >= 0.3 is 0 Å². The van der Waals surface area contributed by atoms with Crippen LogP contribution in [-0.4, -0.2) is 38.8 Å². The Hall–Kier alpha value is -3.00. The van der Waals surface area contributed by atoms with E-state index in [1.807, 2.05) is 0 Å². The summed E-state index contributed by atoms with van der Waals surface area (Å²) in [6, 6.07) is 10.1. The number of hydrogen-bond donors (Lipinski definition) is 1. The summed E-state index contributed by atoms with van der Waals surface area (Å²) in [5.74, 6) is 0.268. The fourth-order valence-corrected chi connectivity index (χ4v) is 4.04. The van der Waals surface area contributed by atoms with Crippen LogP contribution in [0.1, 0.15) is 47.3 Å². The normalized spacial score (nSPS) is 15.5. The van der Waals surface area contributed by atoms with E-state index in [0.29, 0.717) is 46.2 Å². The molecular weight excluding hydrogens is 414 g/mol. The van der Waals surface area contributed by atoms with Crippen molar-refractivity contribution in [2.24, 2.45) is 0 Å². The van der Waals surface area contributed by atoms with E-state index in [4.69, 9.17) is 16.0 Å². The van der Waals surface area contributed by atoms with Gasteiger partial charge in [-0.05, 0) is 49.2 Å². The standard InChI is InChI=1S/C21H17ClF2N4O2/c22-13-2-4-17-16(10-13)27-20(30-17)11-5-7-28(8-6-11)21(29)12-1-3-14-15(9-12)26-19(25-14)18(23)24/h1-4,9-11,18H,5-8H2,(H,25,26). The summed E-state index contributed by atoms with van der Waals surface area (Å²) in [7, 11) is 0. The Labute approximate surface area is 174 Å². The second-order valence-corrected chi connectivity index (χ2v) is 7.82. The molecule has 9 heteroatoms. The maximum absolute atomic E-state index is 12.9. The number of halogens is 3. The molecule has 1 saturated heterocycles. The second-order valence-electron chi connectivity index (χ2n) is 7.39. The molecule has 0 aliphatic carbocycles. The number of piperidine rings is 1. The van der Waals surface area contributed by atoms with Gasteiger partial charge in [0.25, 0.3) is 12.3 Å². The predicted molar refractivity (Wildman–Crippen MR) is 108 cm³/mol. The van der Waals surface area contributed by atoms with Crippen LogP contribution in [0, 0.1) is 0 Å². The van der Waals surface area contributed by atoms with Crippen molar-refractivity contribution in [3.05, 3.63) is 58.7 Å². The van der Waals surface area contributed by atoms with E-state index in [1.165, 1.54) is 0 Å². The molecule has 1 N–H and O–H groups in total. The second kappa shape index (κ2) is 7.36. The van der Waals surface area contributed by atoms with Gasteiger partial charge in [0, 0.05) is 29.6 Å². The molecule has 0 radical (unpaired) electrons. The molecule has 4 aromatic rings. The summed E-state index contributed by atoms with van der Waals surface area (Å²) in [6.07, 6.45) is -1.22. The van der Waals surface area contributed by atoms with Crippen LogP contribution in [0.3, 0.4) is 0 Å². The van der Waals surface area contributed by atoms with E-state index >= 15 is 0 Å². The van der Waals surface area contributed by atoms with Crippen molar-refractivity contribution >= 4 is 39.6 Å². The largest absolute Gasteiger partial charge is 0.440 e. The maximum Gasteiger partial charge on any atom is 0.295 e. The van der Waals surface area contributed by atoms with Crippen LogP contribution in [0.2, 0.25) is 5.02 Å². The number of amides is 1. The Morgan fingerprint density at radius 3 is 2.70 bits per heavy atom. The highest BCUT2D eigenvalue weighted by Gasteiger charge is 2.28. The summed E-state index contributed by atoms with van der Waals surface area (Å²) in [4.78, 5) is 25.6. The van der Waals surface area contributed by atoms with Crippen molar-refractivity contribution in [3.8, 4) is 0 Å². The van der Waals surface area contributed by atoms with E-state index in [9.17, 15) is 13.6 Å². The van der Waals surface area contributed by atoms with Gasteiger partial charge in [-0.15, -0.1) is 0 Å². The summed E-state index contributed by atoms with van der Waals surface area (Å²) >= 11 is 6.01. The molecule has 1 aliphatic heterocycles. The van der Waals surface area contributed by atoms with Gasteiger partial charge < -0.3 is 14.3 Å². The quantitative estimate of drug-likeness (QED) is 0.477. The van der Waals surface area contributed by atoms with Crippen LogP contribution in [0.4, 0.5) is 8.78 Å². The van der Waals surface area contributed by atoms with Gasteiger partial charge in [0.1, 0.15) is 5.52 Å². The maximum atomic E-state index is 12.9. The first-order valence-corrected chi connectivity index (χ1v) is 9.99. The Morgan fingerprint density at radius 2 is 1.93 bits per heavy atom. The van der Waals surface area contributed by atoms with Crippen molar-refractivity contribution in [2.45, 2.75) is 25.2 Å². The molecule has 0 atom stereocenters. The predicted octanol–water partition coefficient (Wildman–Crippen LogP) is 5.31. The summed E-state index contributed by atoms with van der Waals surface area (Å²) in [6.45, 7) is 1.12. The van der Waals surface area contributed by atoms with Crippen molar-refractivity contribution in [1.29, 1.82) is 0 Å². The van der Waals surface area contributed by atoms with Crippen LogP contribution in [-0.2, 0) is 0 Å². The SMILES string of the molecule is O=C(c1ccc2nc(C(F)F)[nH]c2c1)N1CCC(c2nc3cc(Cl)ccc3o2)CC1. The zero-order valence-corrected chi connectivity index (χ0v) is 16.5. The van der Waals surface area contributed by atoms with E-state index in [1.54, 1.807) is 41.3 Å². The number of rotatable bonds is 3. The number of alkyl halides is 2. The van der Waals surface area contributed by atoms with E-state index in [0.717, 1.165) is 18.4 Å². The molecule has 154 valence electrons. The Morgan fingerprint density at radius 1 is 1.13 bits per heavy atom. The minimum atomic E-state index is -2.68. The number of aromatic amines is 1. The number of hydrogen-bond acceptors (Lipinski definition) is 4. The number of nitrogens with zero attached hydrogens (tertiary/aromatic N) is 3. The molecule has 1 amide bonds. The highest BCUT2D eigenvalue weighted by Crippen LogP contribution is 2.31. The summed E-state index contributed by atoms with van der Waals surface area (Å²) < 4.78 is 31.5. The molecule has 0 bridgehead atoms. The number of H-pyrrole nitrogens is 1. The monoisotopic (exact) mass is 430 g/mol. The number of carbonyl (C=O) groups is 1. The number of nitrogens with one attached hydrogen (secondary N) is 1. The van der Waals surface area contributed by atoms with Crippen LogP contribution in [0.25, 0.3) is 22.1 Å². The Balaban J connectivity index is 1.29. The van der Waals surface area contributed by atoms with Gasteiger partial charge in [0.05, 0.1) is 11.0 Å². The molecule has 30 heavy (non-hydrogen) atoms. The van der Waals surface area contributed by atoms with Crippen molar-refractivity contribution in [3.63, 3.8) is 0 Å². The molecule has 0 saturated carbocycles. The molecule has 6 nitrogen and oxygen atoms in total. The molecule has 0 spiro atoms. The first-order valence-electron chi connectivity index (χ1n) is 9.61. The van der Waals surface area contributed by atoms with Gasteiger partial charge in [-0.2, -0.15) is 0 Å². The minimum Gasteiger partial charge on any atom is -0.440 e. The number of oxazole rings is 1. The van der Waals surface area contributed by atoms with E-state index in [2.05, 4.69) is 15.0 Å². The molecule has 2 aromatic carbocycles. The highest BCUT2D eigenvalue weighted by atomic mass is 35.5. The lowest BCUT2D eigenvalue weighted by molar-refractivity contribution is 0.0707. The third-order valence-corrected chi connectivity index (χ3v) is 5.69. The molecule has 3 heterocycles. The van der Waals surface area contributed by atoms with E-state index < -0.39 is 12.2 Å². The van der Waals surface area contributed by atoms with Gasteiger partial charge in [0.2, 0.25) is 0 Å². The third kappa shape index (κ3) is 3.41. The van der Waals surface area contributed by atoms with Gasteiger partial charge in [0.15, 0.2) is 17.3 Å². The van der Waals surface area contributed by atoms with Crippen LogP contribution < -0.4 is 0 Å². The molecule has 1 aliphatic rings. The van der Waals surface area contributed by atoms with Crippen molar-refractivity contribution in [2.75, 3.05) is 13.1 Å². The van der Waals surface area contributed by atoms with Gasteiger partial charge in [-0.25, -0.2) is 18.7 Å². The van der Waals surface area contributed by atoms with Crippen molar-refractivity contribution in [1.82, 2.24) is 19.9 Å². The highest BCUT2D eigenvalue weighted by molar-refractivity contribution is 6.31. The topological polar surface area (TPSA) is 75.0 Å². The fraction of sp³-hybridized carbons (Fsp3) is 0.286. The lowest BCUT2D eigenvalue weighted by Crippen LogP contribution is -2.38. The van der Waals surface area contributed by atoms with Crippen LogP contribution in [0.5, 0.6) is 0 Å². The fourth-order valence-electron chi connectivity index (χ4n) is 3.87. The minimum absolute atomic E-state index is 0.129. The van der Waals surface area contributed by atoms with Gasteiger partial charge in [-0.3, -0.25) is 4.79 Å². The lowest BCUT2D eigenvalue weighted by atomic mass is 9.96. The number of aromatic nitrogens is 3. The average Bonchev–Trinajstić information content (AvgIpc) is 3.36. The lowest BCUT2D eigenvalue weighted by Gasteiger charge is -2.30. The van der Waals surface area contributed by atoms with Crippen molar-refractivity contribution < 1.29 is 18.0 Å². The molecular formula is C21H17ClF2N4O2. The summed E-state index contributed by atoms with van der Waals surface area (Å²) in [5, 5.41) is 0.609. The van der Waals surface area contributed by atoms with Crippen LogP contribution >= 0.6 is 11.6 Å². The number of fused-ring (bicyclic) bond motifs is 2. The molecule has 0 unspecified atom stereocenters. The number of likely N-dealkylation sites (tertiary alicyclic amines) is 1. The van der Waals surface area contributed by atoms with E-state index in [-0.39, 0.29) is 11.8 Å². The first kappa shape index (κ1) is 19.0.